The quantitative estimate of drug-likeness (QED) is 0.299. The van der Waals surface area contributed by atoms with Crippen molar-refractivity contribution in [2.24, 2.45) is 0 Å². The van der Waals surface area contributed by atoms with Gasteiger partial charge in [-0.15, -0.1) is 0 Å². The second kappa shape index (κ2) is 12.9. The highest BCUT2D eigenvalue weighted by Crippen LogP contribution is 2.28. The summed E-state index contributed by atoms with van der Waals surface area (Å²) >= 11 is 0. The molecule has 1 atom stereocenters. The molecule has 0 aliphatic carbocycles. The molecular formula is C30H34N2O5. The number of benzene rings is 3. The molecule has 37 heavy (non-hydrogen) atoms. The van der Waals surface area contributed by atoms with Crippen LogP contribution in [0.3, 0.4) is 0 Å². The number of carboxylic acids is 1. The van der Waals surface area contributed by atoms with Crippen molar-refractivity contribution in [2.45, 2.75) is 44.8 Å². The number of aromatic carboxylic acids is 1. The summed E-state index contributed by atoms with van der Waals surface area (Å²) in [7, 11) is 1.68. The van der Waals surface area contributed by atoms with Gasteiger partial charge in [-0.3, -0.25) is 0 Å². The molecule has 0 aliphatic rings. The number of carbonyl (C=O) groups is 1. The number of rotatable bonds is 13. The Bertz CT molecular complexity index is 1230. The first-order chi connectivity index (χ1) is 17.7. The van der Waals surface area contributed by atoms with E-state index in [-0.39, 0.29) is 17.7 Å². The number of β-amino-alcohol motifs (C(OH)–C–C–N with tert-alkyl or cyclic N) is 1. The number of hydrogen-bond acceptors (Lipinski definition) is 6. The molecule has 0 aliphatic heterocycles. The van der Waals surface area contributed by atoms with Crippen LogP contribution >= 0.6 is 0 Å². The van der Waals surface area contributed by atoms with Crippen molar-refractivity contribution < 1.29 is 24.5 Å². The number of methoxy groups -OCH3 is 1. The van der Waals surface area contributed by atoms with Crippen LogP contribution in [0.4, 0.5) is 0 Å². The molecule has 0 saturated heterocycles. The molecule has 0 unspecified atom stereocenters. The smallest absolute Gasteiger partial charge is 0.335 e. The summed E-state index contributed by atoms with van der Waals surface area (Å²) in [5.74, 6) is 0.286. The fourth-order valence-corrected chi connectivity index (χ4v) is 4.08. The Labute approximate surface area is 218 Å². The van der Waals surface area contributed by atoms with Crippen molar-refractivity contribution in [1.82, 2.24) is 5.32 Å². The number of aryl methyl sites for hydroxylation is 1. The van der Waals surface area contributed by atoms with Crippen LogP contribution in [0, 0.1) is 11.3 Å². The highest BCUT2D eigenvalue weighted by Gasteiger charge is 2.19. The van der Waals surface area contributed by atoms with Crippen LogP contribution in [-0.4, -0.2) is 48.1 Å². The molecule has 0 bridgehead atoms. The molecule has 0 fully saturated rings. The lowest BCUT2D eigenvalue weighted by Gasteiger charge is -2.28. The van der Waals surface area contributed by atoms with Crippen LogP contribution in [0.5, 0.6) is 11.5 Å². The number of nitriles is 1. The largest absolute Gasteiger partial charge is 0.496 e. The lowest BCUT2D eigenvalue weighted by atomic mass is 9.95. The Morgan fingerprint density at radius 1 is 1.05 bits per heavy atom. The van der Waals surface area contributed by atoms with E-state index in [0.717, 1.165) is 36.1 Å². The van der Waals surface area contributed by atoms with Crippen LogP contribution in [0.1, 0.15) is 48.2 Å². The first kappa shape index (κ1) is 27.7. The summed E-state index contributed by atoms with van der Waals surface area (Å²) in [6.07, 6.45) is 2.03. The monoisotopic (exact) mass is 502 g/mol. The zero-order chi connectivity index (χ0) is 26.8. The maximum absolute atomic E-state index is 11.1. The second-order valence-electron chi connectivity index (χ2n) is 9.60. The van der Waals surface area contributed by atoms with Crippen LogP contribution < -0.4 is 14.8 Å². The van der Waals surface area contributed by atoms with Gasteiger partial charge < -0.3 is 25.0 Å². The molecular weight excluding hydrogens is 468 g/mol. The molecule has 194 valence electrons. The van der Waals surface area contributed by atoms with Crippen molar-refractivity contribution in [2.75, 3.05) is 20.3 Å². The lowest BCUT2D eigenvalue weighted by molar-refractivity contribution is 0.0697. The normalized spacial score (nSPS) is 12.0. The molecule has 3 rings (SSSR count). The van der Waals surface area contributed by atoms with Gasteiger partial charge in [-0.25, -0.2) is 4.79 Å². The Balaban J connectivity index is 1.52. The molecule has 0 radical (unpaired) electrons. The summed E-state index contributed by atoms with van der Waals surface area (Å²) in [6.45, 7) is 4.59. The number of aliphatic hydroxyl groups excluding tert-OH is 1. The average Bonchev–Trinajstić information content (AvgIpc) is 2.90. The van der Waals surface area contributed by atoms with E-state index in [1.54, 1.807) is 37.4 Å². The fourth-order valence-electron chi connectivity index (χ4n) is 4.08. The van der Waals surface area contributed by atoms with Crippen molar-refractivity contribution in [1.29, 1.82) is 5.26 Å². The average molecular weight is 503 g/mol. The predicted molar refractivity (Wildman–Crippen MR) is 143 cm³/mol. The van der Waals surface area contributed by atoms with Gasteiger partial charge in [0.15, 0.2) is 0 Å². The van der Waals surface area contributed by atoms with Crippen molar-refractivity contribution >= 4 is 5.97 Å². The van der Waals surface area contributed by atoms with E-state index in [4.69, 9.17) is 14.6 Å². The topological polar surface area (TPSA) is 112 Å². The number of ether oxygens (including phenoxy) is 2. The van der Waals surface area contributed by atoms with E-state index in [9.17, 15) is 15.2 Å². The third-order valence-electron chi connectivity index (χ3n) is 6.26. The summed E-state index contributed by atoms with van der Waals surface area (Å²) in [6, 6.07) is 21.8. The minimum absolute atomic E-state index is 0.0282. The number of para-hydroxylation sites is 1. The molecule has 0 heterocycles. The molecule has 7 nitrogen and oxygen atoms in total. The number of nitrogens with one attached hydrogen (secondary N) is 1. The molecule has 3 aromatic carbocycles. The molecule has 7 heteroatoms. The van der Waals surface area contributed by atoms with Crippen LogP contribution in [0.15, 0.2) is 66.7 Å². The van der Waals surface area contributed by atoms with Gasteiger partial charge in [0.1, 0.15) is 30.3 Å². The van der Waals surface area contributed by atoms with Crippen molar-refractivity contribution in [3.8, 4) is 28.7 Å². The van der Waals surface area contributed by atoms with Gasteiger partial charge >= 0.3 is 5.97 Å². The zero-order valence-electron chi connectivity index (χ0n) is 21.5. The fraction of sp³-hybridized carbons (Fsp3) is 0.333. The standard InChI is InChI=1S/C30H34N2O5/c1-30(2,16-6-8-22-7-4-5-9-27(22)36-3)32-19-26(33)20-37-28-17-24(14-15-25(28)18-31)21-10-12-23(13-11-21)29(34)35/h4-5,7,9-15,17,26,32-33H,6,8,16,19-20H2,1-3H3,(H,34,35)/t26-/m1/s1. The predicted octanol–water partition coefficient (Wildman–Crippen LogP) is 5.06. The second-order valence-corrected chi connectivity index (χ2v) is 9.60. The van der Waals surface area contributed by atoms with Crippen LogP contribution in [-0.2, 0) is 6.42 Å². The molecule has 0 aromatic heterocycles. The lowest BCUT2D eigenvalue weighted by Crippen LogP contribution is -2.44. The summed E-state index contributed by atoms with van der Waals surface area (Å²) in [4.78, 5) is 11.1. The maximum atomic E-state index is 11.1. The molecule has 3 N–H and O–H groups in total. The third-order valence-corrected chi connectivity index (χ3v) is 6.26. The van der Waals surface area contributed by atoms with Gasteiger partial charge in [-0.1, -0.05) is 36.4 Å². The van der Waals surface area contributed by atoms with Crippen LogP contribution in [0.2, 0.25) is 0 Å². The summed E-state index contributed by atoms with van der Waals surface area (Å²) in [5.41, 5.74) is 3.16. The van der Waals surface area contributed by atoms with Gasteiger partial charge in [-0.05, 0) is 80.1 Å². The summed E-state index contributed by atoms with van der Waals surface area (Å²) < 4.78 is 11.3. The van der Waals surface area contributed by atoms with E-state index >= 15 is 0 Å². The van der Waals surface area contributed by atoms with E-state index in [2.05, 4.69) is 31.3 Å². The van der Waals surface area contributed by atoms with Gasteiger partial charge in [0.05, 0.1) is 18.2 Å². The molecule has 0 spiro atoms. The highest BCUT2D eigenvalue weighted by atomic mass is 16.5. The van der Waals surface area contributed by atoms with E-state index in [1.165, 1.54) is 17.7 Å². The SMILES string of the molecule is COc1ccccc1CCCC(C)(C)NC[C@@H](O)COc1cc(-c2ccc(C(=O)O)cc2)ccc1C#N. The van der Waals surface area contributed by atoms with Crippen molar-refractivity contribution in [3.05, 3.63) is 83.4 Å². The Morgan fingerprint density at radius 3 is 2.43 bits per heavy atom. The molecule has 0 saturated carbocycles. The zero-order valence-corrected chi connectivity index (χ0v) is 21.5. The Hall–Kier alpha value is -3.86. The maximum Gasteiger partial charge on any atom is 0.335 e. The van der Waals surface area contributed by atoms with Crippen LogP contribution in [0.25, 0.3) is 11.1 Å². The highest BCUT2D eigenvalue weighted by molar-refractivity contribution is 5.88. The minimum atomic E-state index is -0.988. The van der Waals surface area contributed by atoms with Gasteiger partial charge in [-0.2, -0.15) is 5.26 Å². The first-order valence-corrected chi connectivity index (χ1v) is 12.3. The van der Waals surface area contributed by atoms with Gasteiger partial charge in [0, 0.05) is 12.1 Å². The molecule has 0 amide bonds. The third kappa shape index (κ3) is 8.07. The summed E-state index contributed by atoms with van der Waals surface area (Å²) in [5, 5.41) is 32.5. The Kier molecular flexibility index (Phi) is 9.67. The van der Waals surface area contributed by atoms with Gasteiger partial charge in [0.25, 0.3) is 0 Å². The number of carboxylic acid groups (broad SMARTS) is 1. The molecule has 3 aromatic rings. The number of hydrogen-bond donors (Lipinski definition) is 3. The minimum Gasteiger partial charge on any atom is -0.496 e. The number of nitrogens with zero attached hydrogens (tertiary/aromatic N) is 1. The number of aliphatic hydroxyl groups is 1. The van der Waals surface area contributed by atoms with E-state index < -0.39 is 12.1 Å². The van der Waals surface area contributed by atoms with Crippen molar-refractivity contribution in [3.63, 3.8) is 0 Å². The Morgan fingerprint density at radius 2 is 1.76 bits per heavy atom. The van der Waals surface area contributed by atoms with E-state index in [0.29, 0.717) is 17.9 Å². The van der Waals surface area contributed by atoms with Gasteiger partial charge in [0.2, 0.25) is 0 Å². The first-order valence-electron chi connectivity index (χ1n) is 12.3. The van der Waals surface area contributed by atoms with E-state index in [1.807, 2.05) is 18.2 Å².